The van der Waals surface area contributed by atoms with Gasteiger partial charge in [-0.25, -0.2) is 0 Å². The smallest absolute Gasteiger partial charge is 0.285 e. The van der Waals surface area contributed by atoms with Crippen LogP contribution in [-0.4, -0.2) is 22.8 Å². The fourth-order valence-electron chi connectivity index (χ4n) is 2.47. The summed E-state index contributed by atoms with van der Waals surface area (Å²) in [5.74, 6) is -0.946. The van der Waals surface area contributed by atoms with Gasteiger partial charge in [-0.1, -0.05) is 31.2 Å². The first-order valence-corrected chi connectivity index (χ1v) is 8.30. The lowest BCUT2D eigenvalue weighted by Crippen LogP contribution is -2.32. The Bertz CT molecular complexity index is 848. The van der Waals surface area contributed by atoms with Gasteiger partial charge in [0.1, 0.15) is 5.56 Å². The number of nitro groups is 1. The molecule has 0 aliphatic carbocycles. The van der Waals surface area contributed by atoms with E-state index in [1.807, 2.05) is 13.8 Å². The number of anilines is 1. The molecule has 2 aromatic rings. The standard InChI is InChI=1S/C19H21N3O4/c1-4-13(3)20-18(23)14-9-5-6-11-16(14)21-19(24)15-10-7-8-12(2)17(15)22(25)26/h5-11,13H,4H2,1-3H3,(H,20,23)(H,21,24)/t13-/m0/s1. The zero-order chi connectivity index (χ0) is 19.3. The highest BCUT2D eigenvalue weighted by atomic mass is 16.6. The first-order chi connectivity index (χ1) is 12.3. The van der Waals surface area contributed by atoms with Crippen molar-refractivity contribution in [1.29, 1.82) is 0 Å². The summed E-state index contributed by atoms with van der Waals surface area (Å²) in [7, 11) is 0. The molecule has 0 aromatic heterocycles. The predicted molar refractivity (Wildman–Crippen MR) is 99.4 cm³/mol. The lowest BCUT2D eigenvalue weighted by molar-refractivity contribution is -0.385. The molecule has 0 spiro atoms. The van der Waals surface area contributed by atoms with Gasteiger partial charge in [0.25, 0.3) is 17.5 Å². The van der Waals surface area contributed by atoms with Crippen molar-refractivity contribution < 1.29 is 14.5 Å². The van der Waals surface area contributed by atoms with Crippen LogP contribution in [-0.2, 0) is 0 Å². The molecule has 7 nitrogen and oxygen atoms in total. The fourth-order valence-corrected chi connectivity index (χ4v) is 2.47. The minimum absolute atomic E-state index is 0.0101. The van der Waals surface area contributed by atoms with Crippen LogP contribution in [0.4, 0.5) is 11.4 Å². The van der Waals surface area contributed by atoms with E-state index in [1.165, 1.54) is 6.07 Å². The van der Waals surface area contributed by atoms with Crippen molar-refractivity contribution in [3.05, 3.63) is 69.3 Å². The molecule has 0 saturated heterocycles. The van der Waals surface area contributed by atoms with Gasteiger partial charge in [-0.2, -0.15) is 0 Å². The monoisotopic (exact) mass is 355 g/mol. The third-order valence-corrected chi connectivity index (χ3v) is 4.07. The molecule has 7 heteroatoms. The molecular weight excluding hydrogens is 334 g/mol. The molecule has 0 heterocycles. The second kappa shape index (κ2) is 8.24. The van der Waals surface area contributed by atoms with Crippen molar-refractivity contribution in [2.75, 3.05) is 5.32 Å². The van der Waals surface area contributed by atoms with Gasteiger partial charge in [-0.3, -0.25) is 19.7 Å². The van der Waals surface area contributed by atoms with E-state index in [2.05, 4.69) is 10.6 Å². The van der Waals surface area contributed by atoms with Crippen molar-refractivity contribution in [2.45, 2.75) is 33.2 Å². The number of nitrogens with zero attached hydrogens (tertiary/aromatic N) is 1. The van der Waals surface area contributed by atoms with E-state index in [9.17, 15) is 19.7 Å². The van der Waals surface area contributed by atoms with Crippen LogP contribution in [0.3, 0.4) is 0 Å². The van der Waals surface area contributed by atoms with Gasteiger partial charge in [-0.05, 0) is 38.5 Å². The van der Waals surface area contributed by atoms with Gasteiger partial charge < -0.3 is 10.6 Å². The number of para-hydroxylation sites is 2. The lowest BCUT2D eigenvalue weighted by Gasteiger charge is -2.15. The Balaban J connectivity index is 2.33. The largest absolute Gasteiger partial charge is 0.350 e. The number of benzene rings is 2. The van der Waals surface area contributed by atoms with Crippen LogP contribution >= 0.6 is 0 Å². The summed E-state index contributed by atoms with van der Waals surface area (Å²) in [4.78, 5) is 35.7. The Morgan fingerprint density at radius 3 is 2.38 bits per heavy atom. The number of rotatable bonds is 6. The molecule has 2 N–H and O–H groups in total. The van der Waals surface area contributed by atoms with Gasteiger partial charge >= 0.3 is 0 Å². The van der Waals surface area contributed by atoms with Crippen molar-refractivity contribution in [1.82, 2.24) is 5.32 Å². The van der Waals surface area contributed by atoms with Crippen LogP contribution in [0.1, 0.15) is 46.5 Å². The number of amides is 2. The highest BCUT2D eigenvalue weighted by Crippen LogP contribution is 2.25. The normalized spacial score (nSPS) is 11.5. The van der Waals surface area contributed by atoms with E-state index in [0.29, 0.717) is 16.8 Å². The van der Waals surface area contributed by atoms with Gasteiger partial charge in [0.15, 0.2) is 0 Å². The van der Waals surface area contributed by atoms with E-state index < -0.39 is 10.8 Å². The number of nitro benzene ring substituents is 1. The molecule has 0 aliphatic heterocycles. The van der Waals surface area contributed by atoms with Crippen LogP contribution in [0.5, 0.6) is 0 Å². The van der Waals surface area contributed by atoms with E-state index in [-0.39, 0.29) is 23.2 Å². The minimum Gasteiger partial charge on any atom is -0.350 e. The second-order valence-corrected chi connectivity index (χ2v) is 6.01. The molecular formula is C19H21N3O4. The number of hydrogen-bond donors (Lipinski definition) is 2. The van der Waals surface area contributed by atoms with Crippen molar-refractivity contribution in [3.8, 4) is 0 Å². The molecule has 0 aliphatic rings. The first kappa shape index (κ1) is 19.1. The Labute approximate surface area is 151 Å². The molecule has 0 fully saturated rings. The van der Waals surface area contributed by atoms with Crippen molar-refractivity contribution in [3.63, 3.8) is 0 Å². The fraction of sp³-hybridized carbons (Fsp3) is 0.263. The summed E-state index contributed by atoms with van der Waals surface area (Å²) >= 11 is 0. The summed E-state index contributed by atoms with van der Waals surface area (Å²) in [6.07, 6.45) is 0.774. The van der Waals surface area contributed by atoms with Gasteiger partial charge in [0.05, 0.1) is 16.2 Å². The Morgan fingerprint density at radius 2 is 1.73 bits per heavy atom. The molecule has 0 unspecified atom stereocenters. The van der Waals surface area contributed by atoms with Crippen LogP contribution in [0.25, 0.3) is 0 Å². The Kier molecular flexibility index (Phi) is 6.06. The SMILES string of the molecule is CC[C@H](C)NC(=O)c1ccccc1NC(=O)c1cccc(C)c1[N+](=O)[O-]. The van der Waals surface area contributed by atoms with E-state index >= 15 is 0 Å². The maximum atomic E-state index is 12.6. The third kappa shape index (κ3) is 4.24. The number of hydrogen-bond acceptors (Lipinski definition) is 4. The molecule has 2 rings (SSSR count). The molecule has 0 saturated carbocycles. The maximum absolute atomic E-state index is 12.6. The quantitative estimate of drug-likeness (QED) is 0.609. The zero-order valence-electron chi connectivity index (χ0n) is 14.9. The van der Waals surface area contributed by atoms with Gasteiger partial charge in [0.2, 0.25) is 0 Å². The molecule has 2 aromatic carbocycles. The predicted octanol–water partition coefficient (Wildman–Crippen LogP) is 3.68. The van der Waals surface area contributed by atoms with Crippen LogP contribution in [0, 0.1) is 17.0 Å². The molecule has 0 bridgehead atoms. The second-order valence-electron chi connectivity index (χ2n) is 6.01. The average Bonchev–Trinajstić information content (AvgIpc) is 2.61. The third-order valence-electron chi connectivity index (χ3n) is 4.07. The molecule has 136 valence electrons. The molecule has 0 radical (unpaired) electrons. The summed E-state index contributed by atoms with van der Waals surface area (Å²) < 4.78 is 0. The number of nitrogens with one attached hydrogen (secondary N) is 2. The van der Waals surface area contributed by atoms with Crippen molar-refractivity contribution in [2.24, 2.45) is 0 Å². The van der Waals surface area contributed by atoms with E-state index in [1.54, 1.807) is 43.3 Å². The van der Waals surface area contributed by atoms with Gasteiger partial charge in [0, 0.05) is 11.6 Å². The summed E-state index contributed by atoms with van der Waals surface area (Å²) in [5, 5.41) is 16.7. The Morgan fingerprint density at radius 1 is 1.08 bits per heavy atom. The van der Waals surface area contributed by atoms with Crippen LogP contribution in [0.15, 0.2) is 42.5 Å². The minimum atomic E-state index is -0.635. The van der Waals surface area contributed by atoms with E-state index in [4.69, 9.17) is 0 Å². The Hall–Kier alpha value is -3.22. The molecule has 2 amide bonds. The lowest BCUT2D eigenvalue weighted by atomic mass is 10.1. The maximum Gasteiger partial charge on any atom is 0.285 e. The van der Waals surface area contributed by atoms with E-state index in [0.717, 1.165) is 6.42 Å². The number of carbonyl (C=O) groups excluding carboxylic acids is 2. The summed E-state index contributed by atoms with van der Waals surface area (Å²) in [6, 6.07) is 11.1. The zero-order valence-corrected chi connectivity index (χ0v) is 14.9. The average molecular weight is 355 g/mol. The highest BCUT2D eigenvalue weighted by Gasteiger charge is 2.23. The van der Waals surface area contributed by atoms with Crippen LogP contribution < -0.4 is 10.6 Å². The first-order valence-electron chi connectivity index (χ1n) is 8.30. The highest BCUT2D eigenvalue weighted by molar-refractivity contribution is 6.10. The van der Waals surface area contributed by atoms with Crippen LogP contribution in [0.2, 0.25) is 0 Å². The molecule has 1 atom stereocenters. The topological polar surface area (TPSA) is 101 Å². The molecule has 26 heavy (non-hydrogen) atoms. The summed E-state index contributed by atoms with van der Waals surface area (Å²) in [5.41, 5.74) is 0.703. The number of carbonyl (C=O) groups is 2. The van der Waals surface area contributed by atoms with Crippen molar-refractivity contribution >= 4 is 23.2 Å². The summed E-state index contributed by atoms with van der Waals surface area (Å²) in [6.45, 7) is 5.41. The van der Waals surface area contributed by atoms with Gasteiger partial charge in [-0.15, -0.1) is 0 Å². The number of aryl methyl sites for hydroxylation is 1.